The molecule has 168 valence electrons. The summed E-state index contributed by atoms with van der Waals surface area (Å²) >= 11 is 0. The molecule has 8 heteroatoms. The molecule has 3 atom stereocenters. The first-order chi connectivity index (χ1) is 14.0. The molecule has 0 aromatic heterocycles. The molecule has 2 aliphatic heterocycles. The van der Waals surface area contributed by atoms with Gasteiger partial charge < -0.3 is 24.8 Å². The third kappa shape index (κ3) is 7.85. The first-order valence-electron chi connectivity index (χ1n) is 10.8. The van der Waals surface area contributed by atoms with Gasteiger partial charge in [-0.2, -0.15) is 0 Å². The summed E-state index contributed by atoms with van der Waals surface area (Å²) in [6, 6.07) is 0. The third-order valence-corrected chi connectivity index (χ3v) is 5.37. The van der Waals surface area contributed by atoms with Crippen LogP contribution in [0.3, 0.4) is 0 Å². The topological polar surface area (TPSA) is 91.3 Å². The number of hydrogen-bond donors (Lipinski definition) is 2. The highest BCUT2D eigenvalue weighted by atomic mass is 16.7. The summed E-state index contributed by atoms with van der Waals surface area (Å²) in [5, 5.41) is 11.5. The number of hydrogen-bond acceptors (Lipinski definition) is 6. The molecule has 0 saturated carbocycles. The molecule has 29 heavy (non-hydrogen) atoms. The van der Waals surface area contributed by atoms with E-state index in [2.05, 4.69) is 10.2 Å². The number of nitrogens with zero attached hydrogens (tertiary/aromatic N) is 2. The number of aliphatic hydroxyl groups excluding tert-OH is 1. The fourth-order valence-corrected chi connectivity index (χ4v) is 3.50. The van der Waals surface area contributed by atoms with Crippen LogP contribution < -0.4 is 5.32 Å². The van der Waals surface area contributed by atoms with E-state index in [1.807, 2.05) is 32.6 Å². The summed E-state index contributed by atoms with van der Waals surface area (Å²) in [5.74, 6) is 0.112. The highest BCUT2D eigenvalue weighted by molar-refractivity contribution is 5.93. The number of amides is 2. The lowest BCUT2D eigenvalue weighted by atomic mass is 9.93. The van der Waals surface area contributed by atoms with Crippen molar-refractivity contribution in [3.05, 3.63) is 11.8 Å². The van der Waals surface area contributed by atoms with E-state index in [-0.39, 0.29) is 24.3 Å². The van der Waals surface area contributed by atoms with Crippen LogP contribution in [-0.2, 0) is 14.3 Å². The van der Waals surface area contributed by atoms with Gasteiger partial charge in [-0.15, -0.1) is 0 Å². The predicted molar refractivity (Wildman–Crippen MR) is 112 cm³/mol. The fourth-order valence-electron chi connectivity index (χ4n) is 3.50. The summed E-state index contributed by atoms with van der Waals surface area (Å²) in [6.07, 6.45) is 2.94. The minimum Gasteiger partial charge on any atom is -0.462 e. The van der Waals surface area contributed by atoms with Crippen LogP contribution in [0.1, 0.15) is 47.0 Å². The van der Waals surface area contributed by atoms with Crippen LogP contribution in [0.15, 0.2) is 11.8 Å². The van der Waals surface area contributed by atoms with Crippen LogP contribution in [0.2, 0.25) is 0 Å². The minimum absolute atomic E-state index is 0.0144. The highest BCUT2D eigenvalue weighted by Gasteiger charge is 2.30. The van der Waals surface area contributed by atoms with Gasteiger partial charge in [-0.1, -0.05) is 34.1 Å². The van der Waals surface area contributed by atoms with E-state index in [4.69, 9.17) is 14.6 Å². The Morgan fingerprint density at radius 2 is 1.86 bits per heavy atom. The number of alkyl carbamates (subject to hydrolysis) is 1. The number of carbonyl (C=O) groups is 2. The van der Waals surface area contributed by atoms with Crippen LogP contribution >= 0.6 is 0 Å². The SMILES string of the molecule is CC.CNC(=O)OC1O/C=C(/C(=O)N2CCN(CCO)CC2)C(C)CCCC1C. The summed E-state index contributed by atoms with van der Waals surface area (Å²) in [7, 11) is 1.51. The van der Waals surface area contributed by atoms with Crippen molar-refractivity contribution >= 4 is 12.0 Å². The van der Waals surface area contributed by atoms with E-state index in [1.54, 1.807) is 0 Å². The Labute approximate surface area is 175 Å². The summed E-state index contributed by atoms with van der Waals surface area (Å²) in [4.78, 5) is 28.6. The van der Waals surface area contributed by atoms with E-state index in [0.717, 1.165) is 32.4 Å². The number of carbonyl (C=O) groups excluding carboxylic acids is 2. The lowest BCUT2D eigenvalue weighted by molar-refractivity contribution is -0.130. The predicted octanol–water partition coefficient (Wildman–Crippen LogP) is 2.19. The number of rotatable bonds is 4. The van der Waals surface area contributed by atoms with Crippen LogP contribution in [0, 0.1) is 11.8 Å². The largest absolute Gasteiger partial charge is 0.462 e. The molecule has 2 amide bonds. The molecule has 2 N–H and O–H groups in total. The van der Waals surface area contributed by atoms with E-state index in [1.165, 1.54) is 13.3 Å². The molecule has 8 nitrogen and oxygen atoms in total. The second-order valence-electron chi connectivity index (χ2n) is 7.40. The zero-order valence-electron chi connectivity index (χ0n) is 18.6. The van der Waals surface area contributed by atoms with Crippen molar-refractivity contribution in [2.45, 2.75) is 53.2 Å². The summed E-state index contributed by atoms with van der Waals surface area (Å²) in [6.45, 7) is 11.6. The molecular formula is C21H39N3O5. The Bertz CT molecular complexity index is 532. The van der Waals surface area contributed by atoms with Gasteiger partial charge in [-0.3, -0.25) is 9.69 Å². The standard InChI is InChI=1S/C19H33N3O5.C2H6/c1-14-5-4-6-15(2)18(27-19(25)20-3)26-13-16(14)17(24)22-9-7-21(8-10-22)11-12-23;1-2/h13-15,18,23H,4-12H2,1-3H3,(H,20,25);1-2H3/b16-13+;. The van der Waals surface area contributed by atoms with Gasteiger partial charge in [0.25, 0.3) is 5.91 Å². The van der Waals surface area contributed by atoms with Crippen molar-refractivity contribution < 1.29 is 24.2 Å². The zero-order chi connectivity index (χ0) is 21.8. The Balaban J connectivity index is 0.00000204. The molecule has 0 spiro atoms. The molecule has 2 aliphatic rings. The molecule has 2 rings (SSSR count). The van der Waals surface area contributed by atoms with Gasteiger partial charge >= 0.3 is 6.09 Å². The Hall–Kier alpha value is -1.80. The van der Waals surface area contributed by atoms with Gasteiger partial charge in [0, 0.05) is 45.7 Å². The molecule has 0 radical (unpaired) electrons. The number of β-amino-alcohol motifs (C(OH)–C–C–N with tert-alkyl or cyclic N) is 1. The van der Waals surface area contributed by atoms with Crippen molar-refractivity contribution in [3.8, 4) is 0 Å². The van der Waals surface area contributed by atoms with Gasteiger partial charge in [0.05, 0.1) is 18.4 Å². The Kier molecular flexibility index (Phi) is 11.7. The fraction of sp³-hybridized carbons (Fsp3) is 0.810. The highest BCUT2D eigenvalue weighted by Crippen LogP contribution is 2.27. The average molecular weight is 414 g/mol. The van der Waals surface area contributed by atoms with Gasteiger partial charge in [0.15, 0.2) is 0 Å². The van der Waals surface area contributed by atoms with Crippen molar-refractivity contribution in [3.63, 3.8) is 0 Å². The number of piperazine rings is 1. The van der Waals surface area contributed by atoms with E-state index in [9.17, 15) is 9.59 Å². The minimum atomic E-state index is -0.709. The van der Waals surface area contributed by atoms with Crippen LogP contribution in [0.25, 0.3) is 0 Å². The third-order valence-electron chi connectivity index (χ3n) is 5.37. The molecule has 0 aromatic carbocycles. The second-order valence-corrected chi connectivity index (χ2v) is 7.40. The van der Waals surface area contributed by atoms with Gasteiger partial charge in [0.2, 0.25) is 6.29 Å². The molecule has 3 unspecified atom stereocenters. The lowest BCUT2D eigenvalue weighted by Crippen LogP contribution is -2.50. The molecule has 0 bridgehead atoms. The first kappa shape index (κ1) is 25.2. The van der Waals surface area contributed by atoms with Crippen LogP contribution in [0.4, 0.5) is 4.79 Å². The normalized spacial score (nSPS) is 27.6. The first-order valence-corrected chi connectivity index (χ1v) is 10.8. The van der Waals surface area contributed by atoms with Gasteiger partial charge in [0.1, 0.15) is 0 Å². The van der Waals surface area contributed by atoms with E-state index < -0.39 is 12.4 Å². The Morgan fingerprint density at radius 3 is 2.45 bits per heavy atom. The van der Waals surface area contributed by atoms with Crippen molar-refractivity contribution in [2.24, 2.45) is 11.8 Å². The quantitative estimate of drug-likeness (QED) is 0.734. The molecule has 2 heterocycles. The maximum Gasteiger partial charge on any atom is 0.409 e. The average Bonchev–Trinajstić information content (AvgIpc) is 2.80. The zero-order valence-corrected chi connectivity index (χ0v) is 18.6. The van der Waals surface area contributed by atoms with Crippen molar-refractivity contribution in [2.75, 3.05) is 46.4 Å². The number of aliphatic hydroxyl groups is 1. The van der Waals surface area contributed by atoms with E-state index in [0.29, 0.717) is 25.2 Å². The van der Waals surface area contributed by atoms with Crippen molar-refractivity contribution in [1.82, 2.24) is 15.1 Å². The van der Waals surface area contributed by atoms with Crippen LogP contribution in [-0.4, -0.2) is 79.6 Å². The Morgan fingerprint density at radius 1 is 1.21 bits per heavy atom. The summed E-state index contributed by atoms with van der Waals surface area (Å²) < 4.78 is 11.1. The van der Waals surface area contributed by atoms with Crippen molar-refractivity contribution in [1.29, 1.82) is 0 Å². The molecular weight excluding hydrogens is 374 g/mol. The molecule has 1 fully saturated rings. The maximum atomic E-state index is 13.1. The van der Waals surface area contributed by atoms with Gasteiger partial charge in [-0.25, -0.2) is 4.79 Å². The molecule has 0 aliphatic carbocycles. The molecule has 1 saturated heterocycles. The van der Waals surface area contributed by atoms with E-state index >= 15 is 0 Å². The number of ether oxygens (including phenoxy) is 2. The maximum absolute atomic E-state index is 13.1. The second kappa shape index (κ2) is 13.4. The lowest BCUT2D eigenvalue weighted by Gasteiger charge is -2.35. The monoisotopic (exact) mass is 413 g/mol. The van der Waals surface area contributed by atoms with Crippen LogP contribution in [0.5, 0.6) is 0 Å². The van der Waals surface area contributed by atoms with Gasteiger partial charge in [-0.05, 0) is 18.8 Å². The smallest absolute Gasteiger partial charge is 0.409 e. The number of nitrogens with one attached hydrogen (secondary N) is 1. The molecule has 0 aromatic rings. The summed E-state index contributed by atoms with van der Waals surface area (Å²) in [5.41, 5.74) is 0.630.